The Kier molecular flexibility index (Phi) is 5.00. The van der Waals surface area contributed by atoms with Gasteiger partial charge in [0.1, 0.15) is 17.9 Å². The average Bonchev–Trinajstić information content (AvgIpc) is 2.65. The van der Waals surface area contributed by atoms with E-state index in [0.717, 1.165) is 5.56 Å². The van der Waals surface area contributed by atoms with Gasteiger partial charge in [-0.3, -0.25) is 14.4 Å². The summed E-state index contributed by atoms with van der Waals surface area (Å²) in [6, 6.07) is 12.4. The molecular formula is C21H18ClNO5. The zero-order valence-electron chi connectivity index (χ0n) is 15.2. The van der Waals surface area contributed by atoms with Crippen LogP contribution in [-0.2, 0) is 19.8 Å². The number of Topliss-reactive ketones (excluding diaryl/α,β-unsaturated/α-hetero) is 1. The van der Waals surface area contributed by atoms with Gasteiger partial charge in [0.05, 0.1) is 5.41 Å². The molecule has 0 unspecified atom stereocenters. The van der Waals surface area contributed by atoms with E-state index in [-0.39, 0.29) is 0 Å². The van der Waals surface area contributed by atoms with Crippen molar-refractivity contribution < 1.29 is 24.6 Å². The highest BCUT2D eigenvalue weighted by Gasteiger charge is 2.43. The molecule has 1 amide bonds. The zero-order valence-corrected chi connectivity index (χ0v) is 16.0. The van der Waals surface area contributed by atoms with Gasteiger partial charge in [0.15, 0.2) is 5.78 Å². The molecule has 0 saturated carbocycles. The quantitative estimate of drug-likeness (QED) is 0.684. The highest BCUT2D eigenvalue weighted by Crippen LogP contribution is 2.41. The van der Waals surface area contributed by atoms with Crippen molar-refractivity contribution in [1.29, 1.82) is 0 Å². The predicted molar refractivity (Wildman–Crippen MR) is 105 cm³/mol. The molecular weight excluding hydrogens is 382 g/mol. The summed E-state index contributed by atoms with van der Waals surface area (Å²) in [5, 5.41) is 22.1. The van der Waals surface area contributed by atoms with Gasteiger partial charge in [-0.05, 0) is 37.1 Å². The van der Waals surface area contributed by atoms with Crippen molar-refractivity contribution in [3.63, 3.8) is 0 Å². The highest BCUT2D eigenvalue weighted by molar-refractivity contribution is 6.33. The predicted octanol–water partition coefficient (Wildman–Crippen LogP) is 3.34. The summed E-state index contributed by atoms with van der Waals surface area (Å²) < 4.78 is 0. The van der Waals surface area contributed by atoms with E-state index in [1.165, 1.54) is 0 Å². The first kappa shape index (κ1) is 19.6. The Labute approximate surface area is 166 Å². The number of hydrogen-bond donors (Lipinski definition) is 3. The monoisotopic (exact) mass is 399 g/mol. The lowest BCUT2D eigenvalue weighted by atomic mass is 9.70. The van der Waals surface area contributed by atoms with Crippen LogP contribution in [0.4, 0.5) is 0 Å². The van der Waals surface area contributed by atoms with Crippen LogP contribution >= 0.6 is 11.6 Å². The van der Waals surface area contributed by atoms with Gasteiger partial charge in [-0.1, -0.05) is 41.9 Å². The molecule has 0 radical (unpaired) electrons. The van der Waals surface area contributed by atoms with Crippen LogP contribution in [0.2, 0.25) is 5.02 Å². The summed E-state index contributed by atoms with van der Waals surface area (Å²) in [6.45, 7) is 2.65. The normalized spacial score (nSPS) is 15.2. The van der Waals surface area contributed by atoms with Crippen molar-refractivity contribution in [2.45, 2.75) is 19.3 Å². The molecule has 2 aromatic carbocycles. The Balaban J connectivity index is 2.16. The van der Waals surface area contributed by atoms with Crippen LogP contribution in [0.25, 0.3) is 16.9 Å². The summed E-state index contributed by atoms with van der Waals surface area (Å²) in [5.41, 5.74) is 0.840. The summed E-state index contributed by atoms with van der Waals surface area (Å²) >= 11 is 6.26. The molecule has 3 N–H and O–H groups in total. The van der Waals surface area contributed by atoms with E-state index in [1.54, 1.807) is 44.2 Å². The topological polar surface area (TPSA) is 104 Å². The van der Waals surface area contributed by atoms with E-state index >= 15 is 0 Å². The van der Waals surface area contributed by atoms with Gasteiger partial charge in [0.2, 0.25) is 0 Å². The number of aliphatic carboxylic acids is 1. The summed E-state index contributed by atoms with van der Waals surface area (Å²) in [5.74, 6) is -3.23. The van der Waals surface area contributed by atoms with Gasteiger partial charge >= 0.3 is 5.97 Å². The number of carbonyl (C=O) groups is 3. The third-order valence-electron chi connectivity index (χ3n) is 4.79. The number of rotatable bonds is 4. The van der Waals surface area contributed by atoms with Gasteiger partial charge < -0.3 is 15.5 Å². The van der Waals surface area contributed by atoms with Gasteiger partial charge in [0.25, 0.3) is 5.91 Å². The first-order valence-corrected chi connectivity index (χ1v) is 8.90. The molecule has 0 aromatic heterocycles. The molecule has 0 saturated heterocycles. The third-order valence-corrected chi connectivity index (χ3v) is 5.12. The molecule has 7 heteroatoms. The summed E-state index contributed by atoms with van der Waals surface area (Å²) in [7, 11) is 0. The molecule has 6 nitrogen and oxygen atoms in total. The number of benzene rings is 2. The Morgan fingerprint density at radius 2 is 1.79 bits per heavy atom. The van der Waals surface area contributed by atoms with E-state index in [9.17, 15) is 19.5 Å². The van der Waals surface area contributed by atoms with Crippen LogP contribution in [0.1, 0.15) is 25.0 Å². The largest absolute Gasteiger partial charge is 0.506 e. The van der Waals surface area contributed by atoms with Crippen LogP contribution in [0.5, 0.6) is 0 Å². The maximum atomic E-state index is 12.9. The van der Waals surface area contributed by atoms with Gasteiger partial charge in [-0.2, -0.15) is 0 Å². The molecule has 2 aromatic rings. The molecule has 1 aliphatic rings. The fourth-order valence-corrected chi connectivity index (χ4v) is 3.52. The maximum Gasteiger partial charge on any atom is 0.322 e. The number of hydrogen-bond acceptors (Lipinski definition) is 4. The van der Waals surface area contributed by atoms with E-state index < -0.39 is 41.0 Å². The number of amides is 1. The number of aliphatic hydroxyl groups is 1. The van der Waals surface area contributed by atoms with Crippen LogP contribution in [-0.4, -0.2) is 34.4 Å². The molecule has 0 spiro atoms. The Morgan fingerprint density at radius 3 is 2.43 bits per heavy atom. The zero-order chi connectivity index (χ0) is 20.6. The first-order valence-electron chi connectivity index (χ1n) is 8.52. The number of halogens is 1. The van der Waals surface area contributed by atoms with Crippen molar-refractivity contribution in [2.75, 3.05) is 6.54 Å². The first-order chi connectivity index (χ1) is 13.1. The molecule has 144 valence electrons. The Hall–Kier alpha value is -3.12. The average molecular weight is 400 g/mol. The lowest BCUT2D eigenvalue weighted by molar-refractivity contribution is -0.138. The van der Waals surface area contributed by atoms with Crippen LogP contribution in [0.15, 0.2) is 48.0 Å². The van der Waals surface area contributed by atoms with Crippen molar-refractivity contribution in [3.8, 4) is 11.1 Å². The van der Waals surface area contributed by atoms with Crippen molar-refractivity contribution >= 4 is 35.0 Å². The van der Waals surface area contributed by atoms with Crippen LogP contribution < -0.4 is 5.32 Å². The van der Waals surface area contributed by atoms with Crippen LogP contribution in [0, 0.1) is 0 Å². The van der Waals surface area contributed by atoms with Crippen molar-refractivity contribution in [2.24, 2.45) is 0 Å². The van der Waals surface area contributed by atoms with E-state index in [0.29, 0.717) is 21.7 Å². The fourth-order valence-electron chi connectivity index (χ4n) is 3.28. The summed E-state index contributed by atoms with van der Waals surface area (Å²) in [6.07, 6.45) is 0. The standard InChI is InChI=1S/C21H18ClNO5/c1-21(2)14-8-7-11(12-5-3-4-6-15(12)22)9-13(14)18(26)17(19(21)27)20(28)23-10-16(24)25/h3-9,26H,10H2,1-2H3,(H,23,28)(H,24,25). The molecule has 0 bridgehead atoms. The molecule has 0 aliphatic heterocycles. The minimum Gasteiger partial charge on any atom is -0.506 e. The van der Waals surface area contributed by atoms with Gasteiger partial charge in [-0.15, -0.1) is 0 Å². The number of carboxylic acids is 1. The summed E-state index contributed by atoms with van der Waals surface area (Å²) in [4.78, 5) is 36.0. The number of carboxylic acid groups (broad SMARTS) is 1. The maximum absolute atomic E-state index is 12.9. The molecule has 0 heterocycles. The number of nitrogens with one attached hydrogen (secondary N) is 1. The highest BCUT2D eigenvalue weighted by atomic mass is 35.5. The third kappa shape index (κ3) is 3.27. The lowest BCUT2D eigenvalue weighted by Crippen LogP contribution is -2.42. The minimum atomic E-state index is -1.25. The smallest absolute Gasteiger partial charge is 0.322 e. The van der Waals surface area contributed by atoms with Gasteiger partial charge in [0, 0.05) is 16.1 Å². The van der Waals surface area contributed by atoms with Crippen molar-refractivity contribution in [3.05, 3.63) is 64.2 Å². The second-order valence-corrected chi connectivity index (χ2v) is 7.40. The van der Waals surface area contributed by atoms with E-state index in [2.05, 4.69) is 5.32 Å². The van der Waals surface area contributed by atoms with Crippen LogP contribution in [0.3, 0.4) is 0 Å². The van der Waals surface area contributed by atoms with E-state index in [4.69, 9.17) is 16.7 Å². The van der Waals surface area contributed by atoms with Crippen molar-refractivity contribution in [1.82, 2.24) is 5.32 Å². The fraction of sp³-hybridized carbons (Fsp3) is 0.190. The number of aliphatic hydroxyl groups excluding tert-OH is 1. The SMILES string of the molecule is CC1(C)C(=O)C(C(=O)NCC(=O)O)=C(O)c2cc(-c3ccccc3Cl)ccc21. The molecule has 28 heavy (non-hydrogen) atoms. The minimum absolute atomic E-state index is 0.336. The Bertz CT molecular complexity index is 1040. The Morgan fingerprint density at radius 1 is 1.11 bits per heavy atom. The number of fused-ring (bicyclic) bond motifs is 1. The molecule has 0 atom stereocenters. The number of ketones is 1. The second-order valence-electron chi connectivity index (χ2n) is 6.99. The number of carbonyl (C=O) groups excluding carboxylic acids is 2. The molecule has 0 fully saturated rings. The van der Waals surface area contributed by atoms with E-state index in [1.807, 2.05) is 12.1 Å². The molecule has 1 aliphatic carbocycles. The second kappa shape index (κ2) is 7.13. The van der Waals surface area contributed by atoms with Gasteiger partial charge in [-0.25, -0.2) is 0 Å². The molecule has 3 rings (SSSR count). The lowest BCUT2D eigenvalue weighted by Gasteiger charge is -2.32.